The van der Waals surface area contributed by atoms with Crippen LogP contribution in [-0.2, 0) is 6.54 Å². The van der Waals surface area contributed by atoms with Crippen LogP contribution in [0.5, 0.6) is 0 Å². The van der Waals surface area contributed by atoms with Crippen molar-refractivity contribution in [3.63, 3.8) is 0 Å². The van der Waals surface area contributed by atoms with Crippen molar-refractivity contribution in [3.05, 3.63) is 76.4 Å². The number of benzene rings is 2. The summed E-state index contributed by atoms with van der Waals surface area (Å²) >= 11 is 1.68. The zero-order chi connectivity index (χ0) is 18.1. The Morgan fingerprint density at radius 2 is 1.69 bits per heavy atom. The minimum atomic E-state index is -0.228. The van der Waals surface area contributed by atoms with Crippen LogP contribution in [0.1, 0.15) is 16.0 Å². The fourth-order valence-corrected chi connectivity index (χ4v) is 3.91. The van der Waals surface area contributed by atoms with Gasteiger partial charge in [0.1, 0.15) is 16.5 Å². The van der Waals surface area contributed by atoms with Crippen LogP contribution in [-0.4, -0.2) is 9.97 Å². The molecule has 5 heteroatoms. The minimum absolute atomic E-state index is 0.228. The fourth-order valence-electron chi connectivity index (χ4n) is 2.88. The van der Waals surface area contributed by atoms with Gasteiger partial charge in [0.15, 0.2) is 5.82 Å². The highest BCUT2D eigenvalue weighted by Crippen LogP contribution is 2.35. The van der Waals surface area contributed by atoms with Gasteiger partial charge in [-0.3, -0.25) is 0 Å². The van der Waals surface area contributed by atoms with Crippen molar-refractivity contribution < 1.29 is 4.39 Å². The predicted molar refractivity (Wildman–Crippen MR) is 106 cm³/mol. The van der Waals surface area contributed by atoms with E-state index < -0.39 is 0 Å². The molecule has 0 spiro atoms. The SMILES string of the molecule is Cc1sc2nc(-c3ccccc3)nc(NCc3ccc(F)cc3)c2c1C. The number of aryl methyl sites for hydroxylation is 2. The first-order chi connectivity index (χ1) is 12.6. The molecule has 0 bridgehead atoms. The third kappa shape index (κ3) is 3.18. The molecule has 0 atom stereocenters. The Hall–Kier alpha value is -2.79. The quantitative estimate of drug-likeness (QED) is 0.503. The van der Waals surface area contributed by atoms with E-state index in [1.807, 2.05) is 30.3 Å². The second-order valence-corrected chi connectivity index (χ2v) is 7.41. The van der Waals surface area contributed by atoms with Gasteiger partial charge in [0, 0.05) is 17.0 Å². The molecule has 0 amide bonds. The number of halogens is 1. The second-order valence-electron chi connectivity index (χ2n) is 6.21. The summed E-state index contributed by atoms with van der Waals surface area (Å²) in [5, 5.41) is 4.48. The Bertz CT molecular complexity index is 1060. The highest BCUT2D eigenvalue weighted by atomic mass is 32.1. The van der Waals surface area contributed by atoms with E-state index in [-0.39, 0.29) is 5.82 Å². The van der Waals surface area contributed by atoms with Gasteiger partial charge in [0.2, 0.25) is 0 Å². The van der Waals surface area contributed by atoms with Crippen molar-refractivity contribution in [2.45, 2.75) is 20.4 Å². The number of nitrogens with zero attached hydrogens (tertiary/aromatic N) is 2. The lowest BCUT2D eigenvalue weighted by Gasteiger charge is -2.10. The van der Waals surface area contributed by atoms with Crippen molar-refractivity contribution in [2.75, 3.05) is 5.32 Å². The summed E-state index contributed by atoms with van der Waals surface area (Å²) in [7, 11) is 0. The Labute approximate surface area is 155 Å². The van der Waals surface area contributed by atoms with Crippen LogP contribution in [0.15, 0.2) is 54.6 Å². The average Bonchev–Trinajstić information content (AvgIpc) is 2.96. The van der Waals surface area contributed by atoms with E-state index in [1.165, 1.54) is 22.6 Å². The molecule has 0 aliphatic carbocycles. The van der Waals surface area contributed by atoms with E-state index in [0.29, 0.717) is 12.4 Å². The number of fused-ring (bicyclic) bond motifs is 1. The maximum absolute atomic E-state index is 13.1. The summed E-state index contributed by atoms with van der Waals surface area (Å²) in [5.74, 6) is 1.30. The lowest BCUT2D eigenvalue weighted by atomic mass is 10.1. The zero-order valence-electron chi connectivity index (χ0n) is 14.6. The maximum Gasteiger partial charge on any atom is 0.163 e. The van der Waals surface area contributed by atoms with E-state index in [4.69, 9.17) is 9.97 Å². The molecule has 4 rings (SSSR count). The van der Waals surface area contributed by atoms with Gasteiger partial charge in [-0.1, -0.05) is 42.5 Å². The van der Waals surface area contributed by atoms with Crippen LogP contribution in [0.3, 0.4) is 0 Å². The molecule has 2 aromatic heterocycles. The monoisotopic (exact) mass is 363 g/mol. The summed E-state index contributed by atoms with van der Waals surface area (Å²) in [6.45, 7) is 4.78. The van der Waals surface area contributed by atoms with Crippen LogP contribution in [0.25, 0.3) is 21.6 Å². The number of thiophene rings is 1. The van der Waals surface area contributed by atoms with Crippen LogP contribution >= 0.6 is 11.3 Å². The van der Waals surface area contributed by atoms with Crippen LogP contribution in [0, 0.1) is 19.7 Å². The van der Waals surface area contributed by atoms with Gasteiger partial charge in [-0.05, 0) is 37.1 Å². The lowest BCUT2D eigenvalue weighted by Crippen LogP contribution is -2.04. The zero-order valence-corrected chi connectivity index (χ0v) is 15.4. The maximum atomic E-state index is 13.1. The third-order valence-electron chi connectivity index (χ3n) is 4.43. The topological polar surface area (TPSA) is 37.8 Å². The molecule has 1 N–H and O–H groups in total. The van der Waals surface area contributed by atoms with E-state index in [9.17, 15) is 4.39 Å². The molecule has 2 heterocycles. The van der Waals surface area contributed by atoms with Crippen LogP contribution < -0.4 is 5.32 Å². The van der Waals surface area contributed by atoms with E-state index in [0.717, 1.165) is 27.2 Å². The summed E-state index contributed by atoms with van der Waals surface area (Å²) in [6, 6.07) is 16.5. The van der Waals surface area contributed by atoms with Crippen molar-refractivity contribution in [1.29, 1.82) is 0 Å². The molecule has 0 fully saturated rings. The van der Waals surface area contributed by atoms with E-state index in [2.05, 4.69) is 19.2 Å². The van der Waals surface area contributed by atoms with E-state index >= 15 is 0 Å². The summed E-state index contributed by atoms with van der Waals surface area (Å²) in [4.78, 5) is 11.8. The highest BCUT2D eigenvalue weighted by Gasteiger charge is 2.15. The number of hydrogen-bond donors (Lipinski definition) is 1. The molecule has 3 nitrogen and oxygen atoms in total. The largest absolute Gasteiger partial charge is 0.365 e. The molecule has 0 aliphatic rings. The van der Waals surface area contributed by atoms with Crippen molar-refractivity contribution in [3.8, 4) is 11.4 Å². The number of anilines is 1. The number of hydrogen-bond acceptors (Lipinski definition) is 4. The van der Waals surface area contributed by atoms with Gasteiger partial charge in [-0.2, -0.15) is 0 Å². The smallest absolute Gasteiger partial charge is 0.163 e. The van der Waals surface area contributed by atoms with Crippen molar-refractivity contribution >= 4 is 27.4 Å². The van der Waals surface area contributed by atoms with Gasteiger partial charge in [-0.15, -0.1) is 11.3 Å². The Morgan fingerprint density at radius 1 is 0.962 bits per heavy atom. The molecule has 0 saturated heterocycles. The Balaban J connectivity index is 1.76. The minimum Gasteiger partial charge on any atom is -0.365 e. The molecular weight excluding hydrogens is 345 g/mol. The first kappa shape index (κ1) is 16.7. The van der Waals surface area contributed by atoms with Gasteiger partial charge in [-0.25, -0.2) is 14.4 Å². The molecule has 0 radical (unpaired) electrons. The van der Waals surface area contributed by atoms with Crippen LogP contribution in [0.2, 0.25) is 0 Å². The average molecular weight is 363 g/mol. The molecule has 2 aromatic carbocycles. The summed E-state index contributed by atoms with van der Waals surface area (Å²) in [5.41, 5.74) is 3.19. The molecule has 0 saturated carbocycles. The predicted octanol–water partition coefficient (Wildman–Crippen LogP) is 5.73. The Morgan fingerprint density at radius 3 is 2.42 bits per heavy atom. The number of rotatable bonds is 4. The third-order valence-corrected chi connectivity index (χ3v) is 5.54. The number of nitrogens with one attached hydrogen (secondary N) is 1. The summed E-state index contributed by atoms with van der Waals surface area (Å²) < 4.78 is 13.1. The first-order valence-corrected chi connectivity index (χ1v) is 9.25. The Kier molecular flexibility index (Phi) is 4.39. The normalized spacial score (nSPS) is 11.0. The fraction of sp³-hybridized carbons (Fsp3) is 0.143. The van der Waals surface area contributed by atoms with Gasteiger partial charge in [0.05, 0.1) is 5.39 Å². The number of aromatic nitrogens is 2. The van der Waals surface area contributed by atoms with E-state index in [1.54, 1.807) is 23.5 Å². The summed E-state index contributed by atoms with van der Waals surface area (Å²) in [6.07, 6.45) is 0. The van der Waals surface area contributed by atoms with Gasteiger partial charge < -0.3 is 5.32 Å². The first-order valence-electron chi connectivity index (χ1n) is 8.43. The molecule has 0 aliphatic heterocycles. The lowest BCUT2D eigenvalue weighted by molar-refractivity contribution is 0.627. The van der Waals surface area contributed by atoms with Gasteiger partial charge >= 0.3 is 0 Å². The van der Waals surface area contributed by atoms with Crippen molar-refractivity contribution in [1.82, 2.24) is 9.97 Å². The molecular formula is C21H18FN3S. The molecule has 0 unspecified atom stereocenters. The van der Waals surface area contributed by atoms with Crippen LogP contribution in [0.4, 0.5) is 10.2 Å². The van der Waals surface area contributed by atoms with Gasteiger partial charge in [0.25, 0.3) is 0 Å². The second kappa shape index (κ2) is 6.84. The molecule has 130 valence electrons. The molecule has 4 aromatic rings. The standard InChI is InChI=1S/C21H18FN3S/c1-13-14(2)26-21-18(13)20(23-12-15-8-10-17(22)11-9-15)24-19(25-21)16-6-4-3-5-7-16/h3-11H,12H2,1-2H3,(H,23,24,25). The highest BCUT2D eigenvalue weighted by molar-refractivity contribution is 7.18. The van der Waals surface area contributed by atoms with Crippen molar-refractivity contribution in [2.24, 2.45) is 0 Å². The molecule has 26 heavy (non-hydrogen) atoms.